The summed E-state index contributed by atoms with van der Waals surface area (Å²) in [6.07, 6.45) is 4.53. The third-order valence-electron chi connectivity index (χ3n) is 5.73. The quantitative estimate of drug-likeness (QED) is 0.508. The molecule has 2 nitrogen and oxygen atoms in total. The first-order chi connectivity index (χ1) is 13.9. The molecule has 1 aliphatic rings. The number of para-hydroxylation sites is 1. The average Bonchev–Trinajstić information content (AvgIpc) is 2.90. The van der Waals surface area contributed by atoms with Gasteiger partial charge in [0.2, 0.25) is 0 Å². The Labute approximate surface area is 176 Å². The van der Waals surface area contributed by atoms with Crippen LogP contribution in [0.4, 0.5) is 5.69 Å². The van der Waals surface area contributed by atoms with E-state index in [1.807, 2.05) is 6.92 Å². The number of benzene rings is 2. The van der Waals surface area contributed by atoms with E-state index in [2.05, 4.69) is 106 Å². The standard InChI is InChI=1S/C27H33NO/c1-7-29-19-22(26(20(2)3)21-13-9-8-10-14-21)17-18-25-27(4,5)23-15-11-12-16-24(23)28(25)6/h8-18H,7,19H2,1-6H3/b22-17+,25-18+. The summed E-state index contributed by atoms with van der Waals surface area (Å²) in [7, 11) is 2.16. The Kier molecular flexibility index (Phi) is 6.44. The Morgan fingerprint density at radius 3 is 2.28 bits per heavy atom. The van der Waals surface area contributed by atoms with Gasteiger partial charge in [0.05, 0.1) is 6.61 Å². The number of rotatable bonds is 6. The molecule has 3 rings (SSSR count). The highest BCUT2D eigenvalue weighted by Gasteiger charge is 2.37. The van der Waals surface area contributed by atoms with Crippen LogP contribution in [-0.4, -0.2) is 20.3 Å². The molecule has 152 valence electrons. The maximum Gasteiger partial charge on any atom is 0.0722 e. The van der Waals surface area contributed by atoms with Gasteiger partial charge in [-0.15, -0.1) is 0 Å². The Balaban J connectivity index is 2.07. The van der Waals surface area contributed by atoms with E-state index in [-0.39, 0.29) is 5.41 Å². The SMILES string of the molecule is CCOC/C(=C\C=C1\N(C)c2ccccc2C1(C)C)C(=C(C)C)c1ccccc1. The van der Waals surface area contributed by atoms with Gasteiger partial charge in [-0.2, -0.15) is 0 Å². The van der Waals surface area contributed by atoms with Gasteiger partial charge in [0, 0.05) is 30.5 Å². The van der Waals surface area contributed by atoms with Crippen LogP contribution < -0.4 is 4.90 Å². The summed E-state index contributed by atoms with van der Waals surface area (Å²) in [5, 5.41) is 0. The zero-order valence-electron chi connectivity index (χ0n) is 18.6. The molecule has 2 aromatic carbocycles. The van der Waals surface area contributed by atoms with E-state index >= 15 is 0 Å². The molecule has 2 heteroatoms. The molecule has 0 aliphatic carbocycles. The minimum absolute atomic E-state index is 0.0313. The normalized spacial score (nSPS) is 16.8. The highest BCUT2D eigenvalue weighted by molar-refractivity contribution is 5.82. The number of ether oxygens (including phenoxy) is 1. The molecule has 0 saturated carbocycles. The first-order valence-corrected chi connectivity index (χ1v) is 10.4. The van der Waals surface area contributed by atoms with Crippen LogP contribution in [0.15, 0.2) is 83.6 Å². The smallest absolute Gasteiger partial charge is 0.0722 e. The lowest BCUT2D eigenvalue weighted by Crippen LogP contribution is -2.22. The Morgan fingerprint density at radius 2 is 1.66 bits per heavy atom. The number of nitrogens with zero attached hydrogens (tertiary/aromatic N) is 1. The van der Waals surface area contributed by atoms with Crippen LogP contribution in [0.1, 0.15) is 45.7 Å². The fourth-order valence-electron chi connectivity index (χ4n) is 4.30. The number of allylic oxidation sites excluding steroid dienone is 4. The number of fused-ring (bicyclic) bond motifs is 1. The minimum Gasteiger partial charge on any atom is -0.377 e. The van der Waals surface area contributed by atoms with E-state index in [0.717, 1.165) is 0 Å². The van der Waals surface area contributed by atoms with Crippen molar-refractivity contribution in [3.05, 3.63) is 94.7 Å². The first-order valence-electron chi connectivity index (χ1n) is 10.4. The molecule has 0 aromatic heterocycles. The van der Waals surface area contributed by atoms with Crippen LogP contribution in [0.5, 0.6) is 0 Å². The van der Waals surface area contributed by atoms with Crippen molar-refractivity contribution < 1.29 is 4.74 Å². The summed E-state index contributed by atoms with van der Waals surface area (Å²) in [4.78, 5) is 2.31. The molecule has 0 N–H and O–H groups in total. The van der Waals surface area contributed by atoms with Gasteiger partial charge < -0.3 is 9.64 Å². The molecule has 1 heterocycles. The maximum atomic E-state index is 5.86. The topological polar surface area (TPSA) is 12.5 Å². The van der Waals surface area contributed by atoms with E-state index in [0.29, 0.717) is 13.2 Å². The highest BCUT2D eigenvalue weighted by atomic mass is 16.5. The zero-order chi connectivity index (χ0) is 21.0. The minimum atomic E-state index is -0.0313. The van der Waals surface area contributed by atoms with Crippen molar-refractivity contribution in [2.45, 2.75) is 40.0 Å². The Morgan fingerprint density at radius 1 is 1.00 bits per heavy atom. The fraction of sp³-hybridized carbons (Fsp3) is 0.333. The van der Waals surface area contributed by atoms with E-state index in [1.54, 1.807) is 0 Å². The molecule has 1 aliphatic heterocycles. The first kappa shape index (κ1) is 21.1. The molecule has 0 unspecified atom stereocenters. The van der Waals surface area contributed by atoms with E-state index in [4.69, 9.17) is 4.74 Å². The van der Waals surface area contributed by atoms with Crippen LogP contribution in [0.25, 0.3) is 5.57 Å². The molecule has 2 aromatic rings. The Bertz CT molecular complexity index is 944. The molecule has 0 saturated heterocycles. The molecular weight excluding hydrogens is 354 g/mol. The molecule has 0 radical (unpaired) electrons. The summed E-state index contributed by atoms with van der Waals surface area (Å²) in [6, 6.07) is 19.3. The van der Waals surface area contributed by atoms with Gasteiger partial charge in [-0.25, -0.2) is 0 Å². The molecule has 0 amide bonds. The summed E-state index contributed by atoms with van der Waals surface area (Å²) in [5.74, 6) is 0. The van der Waals surface area contributed by atoms with Crippen molar-refractivity contribution in [1.29, 1.82) is 0 Å². The second-order valence-electron chi connectivity index (χ2n) is 8.32. The van der Waals surface area contributed by atoms with Crippen LogP contribution in [0.2, 0.25) is 0 Å². The number of likely N-dealkylation sites (N-methyl/N-ethyl adjacent to an activating group) is 1. The largest absolute Gasteiger partial charge is 0.377 e. The zero-order valence-corrected chi connectivity index (χ0v) is 18.6. The lowest BCUT2D eigenvalue weighted by atomic mass is 9.83. The molecule has 0 atom stereocenters. The van der Waals surface area contributed by atoms with Gasteiger partial charge in [0.15, 0.2) is 0 Å². The molecule has 0 spiro atoms. The van der Waals surface area contributed by atoms with E-state index < -0.39 is 0 Å². The maximum absolute atomic E-state index is 5.86. The van der Waals surface area contributed by atoms with Crippen molar-refractivity contribution >= 4 is 11.3 Å². The van der Waals surface area contributed by atoms with Crippen LogP contribution in [0, 0.1) is 0 Å². The van der Waals surface area contributed by atoms with Crippen molar-refractivity contribution in [3.63, 3.8) is 0 Å². The predicted molar refractivity (Wildman–Crippen MR) is 125 cm³/mol. The monoisotopic (exact) mass is 387 g/mol. The number of hydrogen-bond donors (Lipinski definition) is 0. The van der Waals surface area contributed by atoms with E-state index in [1.165, 1.54) is 39.2 Å². The second kappa shape index (κ2) is 8.84. The van der Waals surface area contributed by atoms with Crippen LogP contribution in [-0.2, 0) is 10.2 Å². The lowest BCUT2D eigenvalue weighted by molar-refractivity contribution is 0.173. The summed E-state index contributed by atoms with van der Waals surface area (Å²) >= 11 is 0. The number of anilines is 1. The van der Waals surface area contributed by atoms with Gasteiger partial charge >= 0.3 is 0 Å². The summed E-state index contributed by atoms with van der Waals surface area (Å²) in [5.41, 5.74) is 8.94. The van der Waals surface area contributed by atoms with Gasteiger partial charge in [-0.05, 0) is 55.2 Å². The van der Waals surface area contributed by atoms with Gasteiger partial charge in [0.1, 0.15) is 0 Å². The molecule has 0 fully saturated rings. The van der Waals surface area contributed by atoms with E-state index in [9.17, 15) is 0 Å². The van der Waals surface area contributed by atoms with Crippen LogP contribution >= 0.6 is 0 Å². The van der Waals surface area contributed by atoms with Gasteiger partial charge in [0.25, 0.3) is 0 Å². The van der Waals surface area contributed by atoms with Gasteiger partial charge in [-0.3, -0.25) is 0 Å². The lowest BCUT2D eigenvalue weighted by Gasteiger charge is -2.24. The summed E-state index contributed by atoms with van der Waals surface area (Å²) < 4.78 is 5.86. The summed E-state index contributed by atoms with van der Waals surface area (Å²) in [6.45, 7) is 12.3. The average molecular weight is 388 g/mol. The van der Waals surface area contributed by atoms with Crippen molar-refractivity contribution in [2.24, 2.45) is 0 Å². The molecular formula is C27H33NO. The number of hydrogen-bond acceptors (Lipinski definition) is 2. The third-order valence-corrected chi connectivity index (χ3v) is 5.73. The molecule has 0 bridgehead atoms. The van der Waals surface area contributed by atoms with Crippen molar-refractivity contribution in [2.75, 3.05) is 25.2 Å². The highest BCUT2D eigenvalue weighted by Crippen LogP contribution is 2.46. The van der Waals surface area contributed by atoms with Crippen molar-refractivity contribution in [3.8, 4) is 0 Å². The third kappa shape index (κ3) is 4.23. The fourth-order valence-corrected chi connectivity index (χ4v) is 4.30. The second-order valence-corrected chi connectivity index (χ2v) is 8.32. The van der Waals surface area contributed by atoms with Gasteiger partial charge in [-0.1, -0.05) is 74.0 Å². The van der Waals surface area contributed by atoms with Crippen molar-refractivity contribution in [1.82, 2.24) is 0 Å². The predicted octanol–water partition coefficient (Wildman–Crippen LogP) is 6.75. The molecule has 29 heavy (non-hydrogen) atoms. The Hall–Kier alpha value is -2.58. The van der Waals surface area contributed by atoms with Crippen LogP contribution in [0.3, 0.4) is 0 Å².